The molecule has 0 saturated heterocycles. The molecule has 2 aromatic carbocycles. The van der Waals surface area contributed by atoms with Crippen LogP contribution in [0.4, 0.5) is 5.69 Å². The number of nitrogens with zero attached hydrogens (tertiary/aromatic N) is 3. The van der Waals surface area contributed by atoms with Crippen molar-refractivity contribution in [3.63, 3.8) is 0 Å². The van der Waals surface area contributed by atoms with Crippen molar-refractivity contribution in [3.05, 3.63) is 65.8 Å². The molecule has 0 saturated carbocycles. The van der Waals surface area contributed by atoms with E-state index in [0.717, 1.165) is 40.3 Å². The molecule has 0 aliphatic carbocycles. The Labute approximate surface area is 139 Å². The summed E-state index contributed by atoms with van der Waals surface area (Å²) >= 11 is 0. The van der Waals surface area contributed by atoms with Gasteiger partial charge in [0.25, 0.3) is 0 Å². The summed E-state index contributed by atoms with van der Waals surface area (Å²) in [5.41, 5.74) is 12.0. The summed E-state index contributed by atoms with van der Waals surface area (Å²) in [4.78, 5) is 4.65. The van der Waals surface area contributed by atoms with Crippen molar-refractivity contribution in [2.75, 3.05) is 5.73 Å². The second kappa shape index (κ2) is 5.53. The molecule has 24 heavy (non-hydrogen) atoms. The van der Waals surface area contributed by atoms with E-state index in [1.165, 1.54) is 5.56 Å². The van der Waals surface area contributed by atoms with Crippen LogP contribution in [-0.2, 0) is 6.54 Å². The van der Waals surface area contributed by atoms with Crippen LogP contribution in [0.25, 0.3) is 22.2 Å². The van der Waals surface area contributed by atoms with E-state index in [1.807, 2.05) is 38.1 Å². The van der Waals surface area contributed by atoms with Crippen molar-refractivity contribution in [3.8, 4) is 11.1 Å². The molecule has 0 aliphatic rings. The van der Waals surface area contributed by atoms with Crippen LogP contribution in [0.2, 0.25) is 0 Å². The molecular formula is C19H18N4O. The number of hydrogen-bond acceptors (Lipinski definition) is 4. The van der Waals surface area contributed by atoms with Crippen LogP contribution in [0.5, 0.6) is 0 Å². The van der Waals surface area contributed by atoms with Crippen LogP contribution in [-0.4, -0.2) is 14.7 Å². The molecule has 4 aromatic rings. The molecule has 2 heterocycles. The lowest BCUT2D eigenvalue weighted by atomic mass is 10.1. The number of fused-ring (bicyclic) bond motifs is 1. The Morgan fingerprint density at radius 3 is 2.62 bits per heavy atom. The zero-order valence-corrected chi connectivity index (χ0v) is 13.7. The highest BCUT2D eigenvalue weighted by Crippen LogP contribution is 2.31. The molecule has 0 atom stereocenters. The first kappa shape index (κ1) is 14.5. The van der Waals surface area contributed by atoms with Gasteiger partial charge in [0.05, 0.1) is 17.4 Å². The summed E-state index contributed by atoms with van der Waals surface area (Å²) in [6.45, 7) is 4.66. The Morgan fingerprint density at radius 1 is 1.12 bits per heavy atom. The molecule has 5 heteroatoms. The fourth-order valence-corrected chi connectivity index (χ4v) is 3.06. The highest BCUT2D eigenvalue weighted by Gasteiger charge is 2.15. The van der Waals surface area contributed by atoms with Gasteiger partial charge in [-0.1, -0.05) is 35.5 Å². The molecule has 0 aliphatic heterocycles. The molecule has 0 spiro atoms. The highest BCUT2D eigenvalue weighted by atomic mass is 16.5. The highest BCUT2D eigenvalue weighted by molar-refractivity contribution is 5.92. The van der Waals surface area contributed by atoms with E-state index in [9.17, 15) is 0 Å². The molecule has 0 bridgehead atoms. The molecule has 0 radical (unpaired) electrons. The third kappa shape index (κ3) is 2.34. The summed E-state index contributed by atoms with van der Waals surface area (Å²) < 4.78 is 7.38. The SMILES string of the molecule is Cc1oncc1-c1cc(N)c2nc(C)n(Cc3ccccc3)c2c1. The van der Waals surface area contributed by atoms with Crippen molar-refractivity contribution in [1.82, 2.24) is 14.7 Å². The minimum absolute atomic E-state index is 0.665. The zero-order valence-electron chi connectivity index (χ0n) is 13.7. The van der Waals surface area contributed by atoms with Gasteiger partial charge in [0.2, 0.25) is 0 Å². The number of anilines is 1. The van der Waals surface area contributed by atoms with Crippen molar-refractivity contribution in [2.45, 2.75) is 20.4 Å². The summed E-state index contributed by atoms with van der Waals surface area (Å²) in [6, 6.07) is 14.4. The first-order valence-corrected chi connectivity index (χ1v) is 7.85. The number of benzene rings is 2. The number of rotatable bonds is 3. The van der Waals surface area contributed by atoms with Gasteiger partial charge in [0.1, 0.15) is 17.1 Å². The maximum absolute atomic E-state index is 6.26. The first-order chi connectivity index (χ1) is 11.6. The van der Waals surface area contributed by atoms with E-state index in [2.05, 4.69) is 32.9 Å². The molecule has 2 N–H and O–H groups in total. The summed E-state index contributed by atoms with van der Waals surface area (Å²) in [5.74, 6) is 1.72. The summed E-state index contributed by atoms with van der Waals surface area (Å²) in [5, 5.41) is 3.86. The largest absolute Gasteiger partial charge is 0.397 e. The van der Waals surface area contributed by atoms with E-state index in [1.54, 1.807) is 6.20 Å². The monoisotopic (exact) mass is 318 g/mol. The molecule has 5 nitrogen and oxygen atoms in total. The second-order valence-corrected chi connectivity index (χ2v) is 5.96. The Kier molecular flexibility index (Phi) is 3.34. The number of aromatic nitrogens is 3. The average Bonchev–Trinajstić information content (AvgIpc) is 3.13. The standard InChI is InChI=1S/C19H18N4O/c1-12-16(10-21-24-12)15-8-17(20)19-18(9-15)23(13(2)22-19)11-14-6-4-3-5-7-14/h3-10H,11,20H2,1-2H3. The van der Waals surface area contributed by atoms with Crippen LogP contribution >= 0.6 is 0 Å². The second-order valence-electron chi connectivity index (χ2n) is 5.96. The lowest BCUT2D eigenvalue weighted by Gasteiger charge is -2.09. The maximum atomic E-state index is 6.26. The topological polar surface area (TPSA) is 69.9 Å². The molecule has 0 amide bonds. The fourth-order valence-electron chi connectivity index (χ4n) is 3.06. The van der Waals surface area contributed by atoms with Gasteiger partial charge in [-0.15, -0.1) is 0 Å². The van der Waals surface area contributed by atoms with E-state index < -0.39 is 0 Å². The Hall–Kier alpha value is -3.08. The van der Waals surface area contributed by atoms with Crippen LogP contribution < -0.4 is 5.73 Å². The van der Waals surface area contributed by atoms with Crippen LogP contribution in [0.1, 0.15) is 17.1 Å². The van der Waals surface area contributed by atoms with Crippen molar-refractivity contribution < 1.29 is 4.52 Å². The normalized spacial score (nSPS) is 11.2. The Morgan fingerprint density at radius 2 is 1.92 bits per heavy atom. The lowest BCUT2D eigenvalue weighted by Crippen LogP contribution is -2.02. The van der Waals surface area contributed by atoms with E-state index in [0.29, 0.717) is 5.69 Å². The number of hydrogen-bond donors (Lipinski definition) is 1. The molecule has 0 fully saturated rings. The summed E-state index contributed by atoms with van der Waals surface area (Å²) in [6.07, 6.45) is 1.72. The van der Waals surface area contributed by atoms with Gasteiger partial charge in [0, 0.05) is 12.1 Å². The third-order valence-electron chi connectivity index (χ3n) is 4.32. The third-order valence-corrected chi connectivity index (χ3v) is 4.32. The predicted octanol–water partition coefficient (Wildman–Crippen LogP) is 3.94. The minimum Gasteiger partial charge on any atom is -0.397 e. The van der Waals surface area contributed by atoms with E-state index in [4.69, 9.17) is 10.3 Å². The molecule has 2 aromatic heterocycles. The number of imidazole rings is 1. The van der Waals surface area contributed by atoms with Gasteiger partial charge in [-0.25, -0.2) is 4.98 Å². The molecule has 0 unspecified atom stereocenters. The van der Waals surface area contributed by atoms with Gasteiger partial charge in [-0.05, 0) is 37.1 Å². The molecule has 4 rings (SSSR count). The maximum Gasteiger partial charge on any atom is 0.141 e. The fraction of sp³-hybridized carbons (Fsp3) is 0.158. The van der Waals surface area contributed by atoms with Crippen LogP contribution in [0.3, 0.4) is 0 Å². The van der Waals surface area contributed by atoms with Crippen molar-refractivity contribution in [1.29, 1.82) is 0 Å². The molecule has 120 valence electrons. The summed E-state index contributed by atoms with van der Waals surface area (Å²) in [7, 11) is 0. The number of aryl methyl sites for hydroxylation is 2. The lowest BCUT2D eigenvalue weighted by molar-refractivity contribution is 0.398. The van der Waals surface area contributed by atoms with Gasteiger partial charge in [0.15, 0.2) is 0 Å². The smallest absolute Gasteiger partial charge is 0.141 e. The van der Waals surface area contributed by atoms with Crippen molar-refractivity contribution in [2.24, 2.45) is 0 Å². The number of nitrogen functional groups attached to an aromatic ring is 1. The van der Waals surface area contributed by atoms with Crippen molar-refractivity contribution >= 4 is 16.7 Å². The van der Waals surface area contributed by atoms with Crippen LogP contribution in [0, 0.1) is 13.8 Å². The quantitative estimate of drug-likeness (QED) is 0.581. The van der Waals surface area contributed by atoms with Gasteiger partial charge in [-0.2, -0.15) is 0 Å². The van der Waals surface area contributed by atoms with E-state index >= 15 is 0 Å². The van der Waals surface area contributed by atoms with Gasteiger partial charge in [-0.3, -0.25) is 0 Å². The Balaban J connectivity index is 1.89. The molecular weight excluding hydrogens is 300 g/mol. The predicted molar refractivity (Wildman–Crippen MR) is 94.7 cm³/mol. The average molecular weight is 318 g/mol. The zero-order chi connectivity index (χ0) is 16.7. The van der Waals surface area contributed by atoms with Gasteiger partial charge < -0.3 is 14.8 Å². The first-order valence-electron chi connectivity index (χ1n) is 7.85. The minimum atomic E-state index is 0.665. The number of nitrogens with two attached hydrogens (primary N) is 1. The Bertz CT molecular complexity index is 1010. The van der Waals surface area contributed by atoms with E-state index in [-0.39, 0.29) is 0 Å². The van der Waals surface area contributed by atoms with Gasteiger partial charge >= 0.3 is 0 Å². The van der Waals surface area contributed by atoms with Crippen LogP contribution in [0.15, 0.2) is 53.2 Å².